The van der Waals surface area contributed by atoms with Crippen LogP contribution < -0.4 is 10.6 Å². The predicted molar refractivity (Wildman–Crippen MR) is 114 cm³/mol. The second-order valence-corrected chi connectivity index (χ2v) is 7.32. The van der Waals surface area contributed by atoms with Gasteiger partial charge in [0.05, 0.1) is 6.10 Å². The SMILES string of the molecule is CCNC(=NCC1(CC(C)C)CCC1)NCC(O)c1ccncc1.I. The van der Waals surface area contributed by atoms with Gasteiger partial charge in [-0.3, -0.25) is 9.98 Å². The van der Waals surface area contributed by atoms with Crippen molar-refractivity contribution in [1.29, 1.82) is 0 Å². The number of guanidine groups is 1. The Morgan fingerprint density at radius 1 is 1.28 bits per heavy atom. The molecule has 0 saturated heterocycles. The summed E-state index contributed by atoms with van der Waals surface area (Å²) in [4.78, 5) is 8.78. The first-order valence-electron chi connectivity index (χ1n) is 9.15. The molecular weight excluding hydrogens is 427 g/mol. The van der Waals surface area contributed by atoms with E-state index in [4.69, 9.17) is 4.99 Å². The largest absolute Gasteiger partial charge is 0.387 e. The highest BCUT2D eigenvalue weighted by atomic mass is 127. The fourth-order valence-corrected chi connectivity index (χ4v) is 3.45. The number of aliphatic hydroxyl groups excluding tert-OH is 1. The van der Waals surface area contributed by atoms with Gasteiger partial charge < -0.3 is 15.7 Å². The maximum absolute atomic E-state index is 10.3. The topological polar surface area (TPSA) is 69.5 Å². The zero-order valence-electron chi connectivity index (χ0n) is 15.7. The van der Waals surface area contributed by atoms with Gasteiger partial charge in [0.1, 0.15) is 0 Å². The first kappa shape index (κ1) is 22.2. The van der Waals surface area contributed by atoms with Crippen LogP contribution in [0.15, 0.2) is 29.5 Å². The van der Waals surface area contributed by atoms with Crippen molar-refractivity contribution in [3.05, 3.63) is 30.1 Å². The molecule has 0 radical (unpaired) electrons. The Labute approximate surface area is 169 Å². The summed E-state index contributed by atoms with van der Waals surface area (Å²) in [6.45, 7) is 8.76. The second-order valence-electron chi connectivity index (χ2n) is 7.32. The molecule has 5 nitrogen and oxygen atoms in total. The number of pyridine rings is 1. The van der Waals surface area contributed by atoms with Crippen LogP contribution in [0.25, 0.3) is 0 Å². The van der Waals surface area contributed by atoms with Crippen LogP contribution in [0.4, 0.5) is 0 Å². The van der Waals surface area contributed by atoms with Crippen molar-refractivity contribution in [2.45, 2.75) is 52.6 Å². The van der Waals surface area contributed by atoms with Crippen LogP contribution in [0.2, 0.25) is 0 Å². The second kappa shape index (κ2) is 11.0. The Morgan fingerprint density at radius 2 is 1.96 bits per heavy atom. The summed E-state index contributed by atoms with van der Waals surface area (Å²) < 4.78 is 0. The van der Waals surface area contributed by atoms with Crippen LogP contribution in [-0.4, -0.2) is 35.7 Å². The third-order valence-electron chi connectivity index (χ3n) is 4.73. The zero-order chi connectivity index (χ0) is 17.4. The first-order valence-corrected chi connectivity index (χ1v) is 9.15. The van der Waals surface area contributed by atoms with Gasteiger partial charge in [-0.2, -0.15) is 0 Å². The molecule has 0 spiro atoms. The summed E-state index contributed by atoms with van der Waals surface area (Å²) >= 11 is 0. The molecule has 0 amide bonds. The lowest BCUT2D eigenvalue weighted by Gasteiger charge is -2.42. The Hall–Kier alpha value is -0.890. The van der Waals surface area contributed by atoms with Crippen molar-refractivity contribution < 1.29 is 5.11 Å². The molecule has 1 fully saturated rings. The van der Waals surface area contributed by atoms with Gasteiger partial charge in [0, 0.05) is 32.0 Å². The van der Waals surface area contributed by atoms with Gasteiger partial charge in [-0.15, -0.1) is 24.0 Å². The van der Waals surface area contributed by atoms with Gasteiger partial charge in [0.25, 0.3) is 0 Å². The molecule has 0 aromatic carbocycles. The minimum absolute atomic E-state index is 0. The van der Waals surface area contributed by atoms with Gasteiger partial charge in [-0.05, 0) is 55.2 Å². The number of aromatic nitrogens is 1. The maximum atomic E-state index is 10.3. The van der Waals surface area contributed by atoms with E-state index in [1.165, 1.54) is 25.7 Å². The summed E-state index contributed by atoms with van der Waals surface area (Å²) in [7, 11) is 0. The molecule has 1 atom stereocenters. The van der Waals surface area contributed by atoms with E-state index in [-0.39, 0.29) is 24.0 Å². The first-order chi connectivity index (χ1) is 11.5. The Kier molecular flexibility index (Phi) is 9.71. The van der Waals surface area contributed by atoms with E-state index in [1.54, 1.807) is 12.4 Å². The van der Waals surface area contributed by atoms with Crippen molar-refractivity contribution in [3.8, 4) is 0 Å². The maximum Gasteiger partial charge on any atom is 0.191 e. The molecule has 142 valence electrons. The lowest BCUT2D eigenvalue weighted by atomic mass is 9.64. The fraction of sp³-hybridized carbons (Fsp3) is 0.684. The minimum Gasteiger partial charge on any atom is -0.387 e. The molecule has 1 aromatic heterocycles. The number of nitrogens with one attached hydrogen (secondary N) is 2. The lowest BCUT2D eigenvalue weighted by Crippen LogP contribution is -2.41. The van der Waals surface area contributed by atoms with E-state index in [0.717, 1.165) is 24.6 Å². The van der Waals surface area contributed by atoms with Gasteiger partial charge in [0.2, 0.25) is 0 Å². The average molecular weight is 460 g/mol. The van der Waals surface area contributed by atoms with Crippen molar-refractivity contribution in [3.63, 3.8) is 0 Å². The van der Waals surface area contributed by atoms with E-state index in [0.29, 0.717) is 17.9 Å². The van der Waals surface area contributed by atoms with E-state index in [9.17, 15) is 5.11 Å². The average Bonchev–Trinajstić information content (AvgIpc) is 2.54. The van der Waals surface area contributed by atoms with Crippen LogP contribution in [-0.2, 0) is 0 Å². The molecule has 3 N–H and O–H groups in total. The molecule has 1 aromatic rings. The number of hydrogen-bond acceptors (Lipinski definition) is 3. The highest BCUT2D eigenvalue weighted by Gasteiger charge is 2.37. The highest BCUT2D eigenvalue weighted by molar-refractivity contribution is 14.0. The quantitative estimate of drug-likeness (QED) is 0.316. The van der Waals surface area contributed by atoms with Gasteiger partial charge in [0.15, 0.2) is 5.96 Å². The lowest BCUT2D eigenvalue weighted by molar-refractivity contribution is 0.111. The molecule has 1 heterocycles. The predicted octanol–water partition coefficient (Wildman–Crippen LogP) is 3.50. The number of aliphatic imine (C=N–C) groups is 1. The third-order valence-corrected chi connectivity index (χ3v) is 4.73. The molecule has 1 aliphatic rings. The van der Waals surface area contributed by atoms with E-state index < -0.39 is 6.10 Å². The molecule has 1 saturated carbocycles. The van der Waals surface area contributed by atoms with E-state index in [1.807, 2.05) is 12.1 Å². The van der Waals surface area contributed by atoms with Crippen molar-refractivity contribution >= 4 is 29.9 Å². The van der Waals surface area contributed by atoms with E-state index in [2.05, 4.69) is 36.4 Å². The Morgan fingerprint density at radius 3 is 2.48 bits per heavy atom. The third kappa shape index (κ3) is 7.09. The number of rotatable bonds is 8. The summed E-state index contributed by atoms with van der Waals surface area (Å²) in [6.07, 6.45) is 7.98. The normalized spacial score (nSPS) is 17.4. The number of nitrogens with zero attached hydrogens (tertiary/aromatic N) is 2. The summed E-state index contributed by atoms with van der Waals surface area (Å²) in [5.74, 6) is 1.50. The highest BCUT2D eigenvalue weighted by Crippen LogP contribution is 2.46. The summed E-state index contributed by atoms with van der Waals surface area (Å²) in [5, 5.41) is 16.8. The minimum atomic E-state index is -0.565. The van der Waals surface area contributed by atoms with Crippen LogP contribution in [0, 0.1) is 11.3 Å². The van der Waals surface area contributed by atoms with Crippen molar-refractivity contribution in [1.82, 2.24) is 15.6 Å². The standard InChI is InChI=1S/C19H32N4O.HI/c1-4-21-18(22-13-17(24)16-6-10-20-11-7-16)23-14-19(8-5-9-19)12-15(2)3;/h6-7,10-11,15,17,24H,4-5,8-9,12-14H2,1-3H3,(H2,21,22,23);1H. The van der Waals surface area contributed by atoms with Crippen LogP contribution in [0.5, 0.6) is 0 Å². The van der Waals surface area contributed by atoms with Crippen molar-refractivity contribution in [2.75, 3.05) is 19.6 Å². The summed E-state index contributed by atoms with van der Waals surface area (Å²) in [6, 6.07) is 3.67. The van der Waals surface area contributed by atoms with Gasteiger partial charge >= 0.3 is 0 Å². The molecule has 1 aliphatic carbocycles. The molecule has 25 heavy (non-hydrogen) atoms. The van der Waals surface area contributed by atoms with Gasteiger partial charge in [-0.1, -0.05) is 20.3 Å². The number of halogens is 1. The fourth-order valence-electron chi connectivity index (χ4n) is 3.45. The van der Waals surface area contributed by atoms with Crippen molar-refractivity contribution in [2.24, 2.45) is 16.3 Å². The smallest absolute Gasteiger partial charge is 0.191 e. The van der Waals surface area contributed by atoms with Crippen LogP contribution >= 0.6 is 24.0 Å². The molecule has 0 bridgehead atoms. The molecule has 6 heteroatoms. The Balaban J connectivity index is 0.00000312. The molecule has 2 rings (SSSR count). The zero-order valence-corrected chi connectivity index (χ0v) is 18.0. The van der Waals surface area contributed by atoms with E-state index >= 15 is 0 Å². The molecular formula is C19H33IN4O. The van der Waals surface area contributed by atoms with Crippen LogP contribution in [0.3, 0.4) is 0 Å². The molecule has 1 unspecified atom stereocenters. The van der Waals surface area contributed by atoms with Gasteiger partial charge in [-0.25, -0.2) is 0 Å². The number of hydrogen-bond donors (Lipinski definition) is 3. The van der Waals surface area contributed by atoms with Crippen LogP contribution in [0.1, 0.15) is 58.1 Å². The summed E-state index contributed by atoms with van der Waals surface area (Å²) in [5.41, 5.74) is 1.25. The monoisotopic (exact) mass is 460 g/mol. The number of aliphatic hydroxyl groups is 1. The Bertz CT molecular complexity index is 517. The molecule has 0 aliphatic heterocycles.